The van der Waals surface area contributed by atoms with Gasteiger partial charge in [0, 0.05) is 19.6 Å². The summed E-state index contributed by atoms with van der Waals surface area (Å²) in [5.41, 5.74) is 3.92. The highest BCUT2D eigenvalue weighted by atomic mass is 16.5. The van der Waals surface area contributed by atoms with Gasteiger partial charge in [-0.1, -0.05) is 92.1 Å². The highest BCUT2D eigenvalue weighted by Crippen LogP contribution is 2.33. The second-order valence-electron chi connectivity index (χ2n) is 9.01. The Balaban J connectivity index is 1.31. The topological polar surface area (TPSA) is 32.7 Å². The third kappa shape index (κ3) is 6.94. The van der Waals surface area contributed by atoms with Gasteiger partial charge >= 0.3 is 0 Å². The molecule has 0 aliphatic heterocycles. The molecule has 1 saturated carbocycles. The van der Waals surface area contributed by atoms with E-state index in [9.17, 15) is 5.11 Å². The van der Waals surface area contributed by atoms with E-state index in [0.717, 1.165) is 18.8 Å². The number of hydrogen-bond acceptors (Lipinski definition) is 3. The third-order valence-electron chi connectivity index (χ3n) is 6.37. The smallest absolute Gasteiger partial charge is 0.119 e. The lowest BCUT2D eigenvalue weighted by molar-refractivity contribution is 0.0628. The minimum absolute atomic E-state index is 0.294. The quantitative estimate of drug-likeness (QED) is 0.418. The second-order valence-corrected chi connectivity index (χ2v) is 9.01. The molecule has 1 aliphatic carbocycles. The summed E-state index contributed by atoms with van der Waals surface area (Å²) in [5.74, 6) is 1.54. The first kappa shape index (κ1) is 22.6. The molecule has 0 saturated heterocycles. The van der Waals surface area contributed by atoms with Crippen LogP contribution in [0.1, 0.15) is 54.7 Å². The van der Waals surface area contributed by atoms with Crippen LogP contribution < -0.4 is 4.74 Å². The zero-order chi connectivity index (χ0) is 22.0. The summed E-state index contributed by atoms with van der Waals surface area (Å²) in [5, 5.41) is 10.7. The Hall–Kier alpha value is -2.62. The molecule has 1 aliphatic rings. The summed E-state index contributed by atoms with van der Waals surface area (Å²) in [4.78, 5) is 2.28. The van der Waals surface area contributed by atoms with Crippen molar-refractivity contribution in [1.29, 1.82) is 0 Å². The number of aliphatic hydroxyl groups is 1. The van der Waals surface area contributed by atoms with Crippen molar-refractivity contribution in [1.82, 2.24) is 4.90 Å². The minimum atomic E-state index is -0.555. The van der Waals surface area contributed by atoms with E-state index >= 15 is 0 Å². The van der Waals surface area contributed by atoms with Crippen LogP contribution in [0.3, 0.4) is 0 Å². The maximum atomic E-state index is 10.7. The first-order valence-electron chi connectivity index (χ1n) is 12.0. The van der Waals surface area contributed by atoms with Gasteiger partial charge in [0.05, 0.1) is 0 Å². The number of ether oxygens (including phenoxy) is 1. The summed E-state index contributed by atoms with van der Waals surface area (Å²) >= 11 is 0. The minimum Gasteiger partial charge on any atom is -0.491 e. The van der Waals surface area contributed by atoms with Gasteiger partial charge in [0.25, 0.3) is 0 Å². The van der Waals surface area contributed by atoms with Crippen LogP contribution in [0.15, 0.2) is 84.9 Å². The molecular weight excluding hydrogens is 394 g/mol. The van der Waals surface area contributed by atoms with Crippen molar-refractivity contribution in [3.05, 3.63) is 102 Å². The first-order valence-corrected chi connectivity index (χ1v) is 12.0. The maximum Gasteiger partial charge on any atom is 0.119 e. The van der Waals surface area contributed by atoms with Crippen molar-refractivity contribution in [2.45, 2.75) is 57.2 Å². The van der Waals surface area contributed by atoms with Gasteiger partial charge in [-0.15, -0.1) is 0 Å². The molecule has 3 heteroatoms. The average Bonchev–Trinajstić information content (AvgIpc) is 2.85. The van der Waals surface area contributed by atoms with Crippen LogP contribution in [0.2, 0.25) is 0 Å². The van der Waals surface area contributed by atoms with Crippen LogP contribution in [-0.2, 0) is 13.1 Å². The van der Waals surface area contributed by atoms with Gasteiger partial charge in [0.15, 0.2) is 0 Å². The molecule has 1 N–H and O–H groups in total. The SMILES string of the molecule is OC(COc1ccc(C2CCCCC2)cc1)CN(Cc1ccccc1)Cc1ccccc1. The van der Waals surface area contributed by atoms with Crippen molar-refractivity contribution >= 4 is 0 Å². The maximum absolute atomic E-state index is 10.7. The molecule has 1 fully saturated rings. The molecule has 0 spiro atoms. The van der Waals surface area contributed by atoms with Crippen LogP contribution in [0, 0.1) is 0 Å². The lowest BCUT2D eigenvalue weighted by Gasteiger charge is -2.25. The summed E-state index contributed by atoms with van der Waals surface area (Å²) in [6, 6.07) is 29.4. The van der Waals surface area contributed by atoms with Gasteiger partial charge in [-0.3, -0.25) is 4.90 Å². The summed E-state index contributed by atoms with van der Waals surface area (Å²) in [6.07, 6.45) is 6.12. The molecule has 168 valence electrons. The van der Waals surface area contributed by atoms with Crippen molar-refractivity contribution in [2.24, 2.45) is 0 Å². The van der Waals surface area contributed by atoms with Crippen LogP contribution in [0.25, 0.3) is 0 Å². The molecule has 0 heterocycles. The molecule has 3 nitrogen and oxygen atoms in total. The Morgan fingerprint density at radius 1 is 0.750 bits per heavy atom. The van der Waals surface area contributed by atoms with Gasteiger partial charge < -0.3 is 9.84 Å². The predicted molar refractivity (Wildman–Crippen MR) is 131 cm³/mol. The van der Waals surface area contributed by atoms with E-state index in [0.29, 0.717) is 19.1 Å². The molecule has 0 amide bonds. The molecule has 4 rings (SSSR count). The fraction of sp³-hybridized carbons (Fsp3) is 0.379. The van der Waals surface area contributed by atoms with Crippen molar-refractivity contribution in [3.8, 4) is 5.75 Å². The number of nitrogens with zero attached hydrogens (tertiary/aromatic N) is 1. The van der Waals surface area contributed by atoms with Gasteiger partial charge in [0.1, 0.15) is 18.5 Å². The zero-order valence-corrected chi connectivity index (χ0v) is 18.9. The van der Waals surface area contributed by atoms with Gasteiger partial charge in [-0.2, -0.15) is 0 Å². The largest absolute Gasteiger partial charge is 0.491 e. The molecule has 32 heavy (non-hydrogen) atoms. The number of rotatable bonds is 10. The number of aliphatic hydroxyl groups excluding tert-OH is 1. The van der Waals surface area contributed by atoms with Gasteiger partial charge in [-0.25, -0.2) is 0 Å². The molecule has 0 radical (unpaired) electrons. The molecule has 1 unspecified atom stereocenters. The Morgan fingerprint density at radius 2 is 1.31 bits per heavy atom. The summed E-state index contributed by atoms with van der Waals surface area (Å²) < 4.78 is 5.93. The highest BCUT2D eigenvalue weighted by Gasteiger charge is 2.16. The lowest BCUT2D eigenvalue weighted by atomic mass is 9.84. The van der Waals surface area contributed by atoms with Crippen molar-refractivity contribution < 1.29 is 9.84 Å². The second kappa shape index (κ2) is 11.8. The van der Waals surface area contributed by atoms with Crippen LogP contribution in [0.4, 0.5) is 0 Å². The summed E-state index contributed by atoms with van der Waals surface area (Å²) in [7, 11) is 0. The van der Waals surface area contributed by atoms with E-state index in [1.807, 2.05) is 12.1 Å². The van der Waals surface area contributed by atoms with Crippen LogP contribution in [-0.4, -0.2) is 29.3 Å². The first-order chi connectivity index (χ1) is 15.8. The van der Waals surface area contributed by atoms with Crippen LogP contribution in [0.5, 0.6) is 5.75 Å². The van der Waals surface area contributed by atoms with Gasteiger partial charge in [0.2, 0.25) is 0 Å². The van der Waals surface area contributed by atoms with E-state index in [2.05, 4.69) is 77.7 Å². The standard InChI is InChI=1S/C29H35NO2/c31-28(23-32-29-18-16-27(17-19-29)26-14-8-3-9-15-26)22-30(20-24-10-4-1-5-11-24)21-25-12-6-2-7-13-25/h1-2,4-7,10-13,16-19,26,28,31H,3,8-9,14-15,20-23H2. The molecule has 0 bridgehead atoms. The fourth-order valence-corrected chi connectivity index (χ4v) is 4.68. The molecule has 1 atom stereocenters. The lowest BCUT2D eigenvalue weighted by Crippen LogP contribution is -2.35. The van der Waals surface area contributed by atoms with E-state index < -0.39 is 6.10 Å². The molecule has 0 aromatic heterocycles. The van der Waals surface area contributed by atoms with Crippen LogP contribution >= 0.6 is 0 Å². The fourth-order valence-electron chi connectivity index (χ4n) is 4.68. The van der Waals surface area contributed by atoms with E-state index in [1.54, 1.807) is 0 Å². The van der Waals surface area contributed by atoms with Crippen molar-refractivity contribution in [2.75, 3.05) is 13.2 Å². The zero-order valence-electron chi connectivity index (χ0n) is 18.9. The monoisotopic (exact) mass is 429 g/mol. The van der Waals surface area contributed by atoms with Gasteiger partial charge in [-0.05, 0) is 47.6 Å². The number of hydrogen-bond donors (Lipinski definition) is 1. The number of benzene rings is 3. The van der Waals surface area contributed by atoms with E-state index in [1.165, 1.54) is 48.8 Å². The molecule has 3 aromatic rings. The Kier molecular flexibility index (Phi) is 8.35. The third-order valence-corrected chi connectivity index (χ3v) is 6.37. The Labute approximate surface area is 192 Å². The highest BCUT2D eigenvalue weighted by molar-refractivity contribution is 5.29. The molecule has 3 aromatic carbocycles. The predicted octanol–water partition coefficient (Wildman–Crippen LogP) is 6.18. The summed E-state index contributed by atoms with van der Waals surface area (Å²) in [6.45, 7) is 2.44. The van der Waals surface area contributed by atoms with E-state index in [-0.39, 0.29) is 0 Å². The normalized spacial score (nSPS) is 15.6. The molecular formula is C29H35NO2. The van der Waals surface area contributed by atoms with Crippen molar-refractivity contribution in [3.63, 3.8) is 0 Å². The average molecular weight is 430 g/mol. The van der Waals surface area contributed by atoms with E-state index in [4.69, 9.17) is 4.74 Å². The Morgan fingerprint density at radius 3 is 1.88 bits per heavy atom. The Bertz CT molecular complexity index is 863.